The zero-order valence-corrected chi connectivity index (χ0v) is 10.2. The highest BCUT2D eigenvalue weighted by Crippen LogP contribution is 2.31. The molecule has 0 bridgehead atoms. The number of benzene rings is 1. The van der Waals surface area contributed by atoms with E-state index in [2.05, 4.69) is 36.1 Å². The summed E-state index contributed by atoms with van der Waals surface area (Å²) in [6.07, 6.45) is 4.05. The van der Waals surface area contributed by atoms with Crippen LogP contribution in [0.3, 0.4) is 0 Å². The minimum Gasteiger partial charge on any atom is -0.371 e. The zero-order valence-electron chi connectivity index (χ0n) is 10.2. The summed E-state index contributed by atoms with van der Waals surface area (Å²) in [6.45, 7) is 5.28. The van der Waals surface area contributed by atoms with Crippen LogP contribution in [0.4, 0.5) is 5.69 Å². The Kier molecular flexibility index (Phi) is 3.83. The number of rotatable bonds is 6. The van der Waals surface area contributed by atoms with Gasteiger partial charge in [-0.1, -0.05) is 19.1 Å². The van der Waals surface area contributed by atoms with Crippen molar-refractivity contribution in [3.05, 3.63) is 29.8 Å². The SMILES string of the molecule is CCCN(CC1CC1)c1ccc(CN)cc1. The number of hydrogen-bond acceptors (Lipinski definition) is 2. The maximum absolute atomic E-state index is 5.61. The Hall–Kier alpha value is -1.02. The normalized spacial score (nSPS) is 15.1. The van der Waals surface area contributed by atoms with Crippen LogP contribution in [0.5, 0.6) is 0 Å². The van der Waals surface area contributed by atoms with Crippen molar-refractivity contribution in [2.45, 2.75) is 32.7 Å². The van der Waals surface area contributed by atoms with Crippen LogP contribution in [0.15, 0.2) is 24.3 Å². The molecular formula is C14H22N2. The number of nitrogens with two attached hydrogens (primary N) is 1. The fourth-order valence-electron chi connectivity index (χ4n) is 2.05. The first kappa shape index (κ1) is 11.5. The third-order valence-electron chi connectivity index (χ3n) is 3.21. The largest absolute Gasteiger partial charge is 0.371 e. The van der Waals surface area contributed by atoms with Gasteiger partial charge >= 0.3 is 0 Å². The van der Waals surface area contributed by atoms with Crippen molar-refractivity contribution >= 4 is 5.69 Å². The molecule has 1 aromatic rings. The van der Waals surface area contributed by atoms with Crippen LogP contribution in [-0.2, 0) is 6.54 Å². The topological polar surface area (TPSA) is 29.3 Å². The number of hydrogen-bond donors (Lipinski definition) is 1. The molecule has 1 aliphatic carbocycles. The molecule has 2 heteroatoms. The van der Waals surface area contributed by atoms with Crippen LogP contribution in [0.25, 0.3) is 0 Å². The van der Waals surface area contributed by atoms with Crippen molar-refractivity contribution in [3.63, 3.8) is 0 Å². The van der Waals surface area contributed by atoms with Gasteiger partial charge in [0.2, 0.25) is 0 Å². The number of anilines is 1. The van der Waals surface area contributed by atoms with Crippen LogP contribution in [0, 0.1) is 5.92 Å². The van der Waals surface area contributed by atoms with Gasteiger partial charge in [-0.05, 0) is 42.9 Å². The summed E-state index contributed by atoms with van der Waals surface area (Å²) in [5.41, 5.74) is 8.18. The monoisotopic (exact) mass is 218 g/mol. The molecule has 16 heavy (non-hydrogen) atoms. The molecule has 0 amide bonds. The molecule has 0 heterocycles. The van der Waals surface area contributed by atoms with E-state index in [1.807, 2.05) is 0 Å². The first-order valence-electron chi connectivity index (χ1n) is 6.37. The van der Waals surface area contributed by atoms with Gasteiger partial charge in [0.1, 0.15) is 0 Å². The molecular weight excluding hydrogens is 196 g/mol. The Labute approximate surface area is 98.4 Å². The first-order valence-corrected chi connectivity index (χ1v) is 6.37. The maximum Gasteiger partial charge on any atom is 0.0366 e. The van der Waals surface area contributed by atoms with E-state index in [0.717, 1.165) is 5.92 Å². The Bertz CT molecular complexity index is 314. The molecule has 0 aliphatic heterocycles. The van der Waals surface area contributed by atoms with E-state index in [9.17, 15) is 0 Å². The summed E-state index contributed by atoms with van der Waals surface area (Å²) < 4.78 is 0. The van der Waals surface area contributed by atoms with E-state index in [-0.39, 0.29) is 0 Å². The van der Waals surface area contributed by atoms with Gasteiger partial charge in [-0.3, -0.25) is 0 Å². The average molecular weight is 218 g/mol. The van der Waals surface area contributed by atoms with Crippen LogP contribution in [0.1, 0.15) is 31.7 Å². The van der Waals surface area contributed by atoms with Gasteiger partial charge in [-0.15, -0.1) is 0 Å². The molecule has 0 saturated heterocycles. The highest BCUT2D eigenvalue weighted by Gasteiger charge is 2.24. The molecule has 0 aromatic heterocycles. The van der Waals surface area contributed by atoms with E-state index < -0.39 is 0 Å². The summed E-state index contributed by atoms with van der Waals surface area (Å²) in [5, 5.41) is 0. The van der Waals surface area contributed by atoms with Gasteiger partial charge in [-0.2, -0.15) is 0 Å². The molecule has 2 rings (SSSR count). The molecule has 1 aliphatic rings. The fourth-order valence-corrected chi connectivity index (χ4v) is 2.05. The molecule has 1 aromatic carbocycles. The standard InChI is InChI=1S/C14H22N2/c1-2-9-16(11-13-3-4-13)14-7-5-12(10-15)6-8-14/h5-8,13H,2-4,9-11,15H2,1H3. The lowest BCUT2D eigenvalue weighted by molar-refractivity contribution is 0.708. The number of nitrogens with zero attached hydrogens (tertiary/aromatic N) is 1. The van der Waals surface area contributed by atoms with Crippen molar-refractivity contribution in [3.8, 4) is 0 Å². The predicted octanol–water partition coefficient (Wildman–Crippen LogP) is 2.77. The highest BCUT2D eigenvalue weighted by molar-refractivity contribution is 5.47. The minimum atomic E-state index is 0.636. The second kappa shape index (κ2) is 5.35. The lowest BCUT2D eigenvalue weighted by atomic mass is 10.2. The molecule has 2 N–H and O–H groups in total. The van der Waals surface area contributed by atoms with E-state index in [1.165, 1.54) is 43.6 Å². The molecule has 0 spiro atoms. The van der Waals surface area contributed by atoms with Crippen molar-refractivity contribution in [2.24, 2.45) is 11.7 Å². The molecule has 0 radical (unpaired) electrons. The lowest BCUT2D eigenvalue weighted by Gasteiger charge is -2.24. The Morgan fingerprint density at radius 3 is 2.44 bits per heavy atom. The Balaban J connectivity index is 2.03. The van der Waals surface area contributed by atoms with Crippen LogP contribution in [0.2, 0.25) is 0 Å². The molecule has 88 valence electrons. The van der Waals surface area contributed by atoms with E-state index in [1.54, 1.807) is 0 Å². The molecule has 0 atom stereocenters. The van der Waals surface area contributed by atoms with Gasteiger partial charge < -0.3 is 10.6 Å². The molecule has 1 fully saturated rings. The molecule has 0 unspecified atom stereocenters. The second-order valence-electron chi connectivity index (χ2n) is 4.76. The van der Waals surface area contributed by atoms with Gasteiger partial charge in [0, 0.05) is 25.3 Å². The van der Waals surface area contributed by atoms with Crippen molar-refractivity contribution in [1.29, 1.82) is 0 Å². The summed E-state index contributed by atoms with van der Waals surface area (Å²) in [4.78, 5) is 2.51. The predicted molar refractivity (Wildman–Crippen MR) is 69.6 cm³/mol. The molecule has 2 nitrogen and oxygen atoms in total. The summed E-state index contributed by atoms with van der Waals surface area (Å²) >= 11 is 0. The average Bonchev–Trinajstić information content (AvgIpc) is 3.13. The van der Waals surface area contributed by atoms with Gasteiger partial charge in [0.15, 0.2) is 0 Å². The molecule has 1 saturated carbocycles. The minimum absolute atomic E-state index is 0.636. The van der Waals surface area contributed by atoms with E-state index in [0.29, 0.717) is 6.54 Å². The summed E-state index contributed by atoms with van der Waals surface area (Å²) in [7, 11) is 0. The van der Waals surface area contributed by atoms with E-state index in [4.69, 9.17) is 5.73 Å². The maximum atomic E-state index is 5.61. The van der Waals surface area contributed by atoms with Crippen LogP contribution < -0.4 is 10.6 Å². The summed E-state index contributed by atoms with van der Waals surface area (Å²) in [6, 6.07) is 8.70. The van der Waals surface area contributed by atoms with E-state index >= 15 is 0 Å². The van der Waals surface area contributed by atoms with Crippen LogP contribution in [-0.4, -0.2) is 13.1 Å². The quantitative estimate of drug-likeness (QED) is 0.795. The first-order chi connectivity index (χ1) is 7.83. The van der Waals surface area contributed by atoms with Crippen molar-refractivity contribution in [2.75, 3.05) is 18.0 Å². The van der Waals surface area contributed by atoms with Gasteiger partial charge in [0.25, 0.3) is 0 Å². The fraction of sp³-hybridized carbons (Fsp3) is 0.571. The smallest absolute Gasteiger partial charge is 0.0366 e. The lowest BCUT2D eigenvalue weighted by Crippen LogP contribution is -2.26. The highest BCUT2D eigenvalue weighted by atomic mass is 15.1. The van der Waals surface area contributed by atoms with Crippen molar-refractivity contribution in [1.82, 2.24) is 0 Å². The summed E-state index contributed by atoms with van der Waals surface area (Å²) in [5.74, 6) is 0.945. The third-order valence-corrected chi connectivity index (χ3v) is 3.21. The Morgan fingerprint density at radius 2 is 1.94 bits per heavy atom. The third kappa shape index (κ3) is 2.99. The Morgan fingerprint density at radius 1 is 1.25 bits per heavy atom. The van der Waals surface area contributed by atoms with Crippen LogP contribution >= 0.6 is 0 Å². The van der Waals surface area contributed by atoms with Gasteiger partial charge in [-0.25, -0.2) is 0 Å². The van der Waals surface area contributed by atoms with Crippen molar-refractivity contribution < 1.29 is 0 Å². The second-order valence-corrected chi connectivity index (χ2v) is 4.76. The van der Waals surface area contributed by atoms with Gasteiger partial charge in [0.05, 0.1) is 0 Å². The zero-order chi connectivity index (χ0) is 11.4.